The maximum Gasteiger partial charge on any atom is 0.235 e. The molecule has 1 aliphatic carbocycles. The van der Waals surface area contributed by atoms with Crippen molar-refractivity contribution in [2.45, 2.75) is 24.8 Å². The fraction of sp³-hybridized carbons (Fsp3) is 0.462. The second-order valence-corrected chi connectivity index (χ2v) is 4.37. The van der Waals surface area contributed by atoms with Crippen LogP contribution in [-0.4, -0.2) is 20.3 Å². The second kappa shape index (κ2) is 4.97. The van der Waals surface area contributed by atoms with Crippen LogP contribution in [0, 0.1) is 11.6 Å². The molecule has 19 heavy (non-hydrogen) atoms. The zero-order valence-electron chi connectivity index (χ0n) is 10.6. The van der Waals surface area contributed by atoms with Crippen LogP contribution >= 0.6 is 0 Å². The van der Waals surface area contributed by atoms with Crippen LogP contribution in [0.5, 0.6) is 11.5 Å². The van der Waals surface area contributed by atoms with Crippen molar-refractivity contribution < 1.29 is 23.0 Å². The molecule has 1 aliphatic rings. The van der Waals surface area contributed by atoms with Crippen molar-refractivity contribution in [3.8, 4) is 11.5 Å². The molecule has 0 N–H and O–H groups in total. The molecule has 0 atom stereocenters. The van der Waals surface area contributed by atoms with Gasteiger partial charge in [0.1, 0.15) is 11.4 Å². The first-order valence-electron chi connectivity index (χ1n) is 5.79. The van der Waals surface area contributed by atoms with Crippen LogP contribution in [0.15, 0.2) is 11.1 Å². The van der Waals surface area contributed by atoms with Crippen LogP contribution in [0.2, 0.25) is 0 Å². The number of halogens is 2. The predicted molar refractivity (Wildman–Crippen MR) is 63.1 cm³/mol. The lowest BCUT2D eigenvalue weighted by Crippen LogP contribution is -2.33. The van der Waals surface area contributed by atoms with Crippen molar-refractivity contribution in [2.24, 2.45) is 4.99 Å². The van der Waals surface area contributed by atoms with E-state index in [1.807, 2.05) is 0 Å². The van der Waals surface area contributed by atoms with Gasteiger partial charge in [0.05, 0.1) is 19.8 Å². The molecule has 1 saturated carbocycles. The Morgan fingerprint density at radius 2 is 1.84 bits per heavy atom. The SMILES string of the molecule is COc1c(F)cc(F)c(C2(N=C=O)CCC2)c1OC. The van der Waals surface area contributed by atoms with Crippen LogP contribution in [0.1, 0.15) is 24.8 Å². The molecule has 4 nitrogen and oxygen atoms in total. The van der Waals surface area contributed by atoms with Crippen LogP contribution in [0.3, 0.4) is 0 Å². The third-order valence-electron chi connectivity index (χ3n) is 3.46. The first-order valence-corrected chi connectivity index (χ1v) is 5.79. The standard InChI is InChI=1S/C13H13F2NO3/c1-18-11-9(15)6-8(14)10(12(11)19-2)13(16-7-17)4-3-5-13/h6H,3-5H2,1-2H3. The zero-order chi connectivity index (χ0) is 14.0. The third kappa shape index (κ3) is 1.98. The lowest BCUT2D eigenvalue weighted by atomic mass is 9.71. The van der Waals surface area contributed by atoms with E-state index in [0.717, 1.165) is 12.5 Å². The summed E-state index contributed by atoms with van der Waals surface area (Å²) in [6.45, 7) is 0. The van der Waals surface area contributed by atoms with E-state index in [-0.39, 0.29) is 17.1 Å². The van der Waals surface area contributed by atoms with Crippen molar-refractivity contribution >= 4 is 6.08 Å². The molecule has 0 heterocycles. The summed E-state index contributed by atoms with van der Waals surface area (Å²) in [5, 5.41) is 0. The van der Waals surface area contributed by atoms with Gasteiger partial charge in [-0.2, -0.15) is 4.99 Å². The van der Waals surface area contributed by atoms with Gasteiger partial charge in [-0.15, -0.1) is 0 Å². The highest BCUT2D eigenvalue weighted by Gasteiger charge is 2.44. The van der Waals surface area contributed by atoms with Crippen LogP contribution in [-0.2, 0) is 10.3 Å². The Morgan fingerprint density at radius 3 is 2.26 bits per heavy atom. The van der Waals surface area contributed by atoms with Crippen molar-refractivity contribution in [3.63, 3.8) is 0 Å². The molecule has 0 spiro atoms. The Bertz CT molecular complexity index is 549. The van der Waals surface area contributed by atoms with Gasteiger partial charge >= 0.3 is 0 Å². The smallest absolute Gasteiger partial charge is 0.235 e. The Labute approximate surface area is 109 Å². The molecule has 1 aromatic carbocycles. The van der Waals surface area contributed by atoms with Crippen molar-refractivity contribution in [1.82, 2.24) is 0 Å². The molecule has 0 aromatic heterocycles. The first-order chi connectivity index (χ1) is 9.09. The van der Waals surface area contributed by atoms with E-state index in [1.165, 1.54) is 20.3 Å². The van der Waals surface area contributed by atoms with E-state index in [4.69, 9.17) is 9.47 Å². The molecule has 0 bridgehead atoms. The largest absolute Gasteiger partial charge is 0.492 e. The van der Waals surface area contributed by atoms with Crippen LogP contribution in [0.4, 0.5) is 8.78 Å². The Morgan fingerprint density at radius 1 is 1.21 bits per heavy atom. The Kier molecular flexibility index (Phi) is 3.53. The summed E-state index contributed by atoms with van der Waals surface area (Å²) in [7, 11) is 2.55. The quantitative estimate of drug-likeness (QED) is 0.623. The van der Waals surface area contributed by atoms with E-state index in [2.05, 4.69) is 4.99 Å². The maximum atomic E-state index is 14.1. The van der Waals surface area contributed by atoms with Gasteiger partial charge in [0.15, 0.2) is 17.3 Å². The van der Waals surface area contributed by atoms with Gasteiger partial charge < -0.3 is 9.47 Å². The fourth-order valence-electron chi connectivity index (χ4n) is 2.41. The number of ether oxygens (including phenoxy) is 2. The van der Waals surface area contributed by atoms with Gasteiger partial charge in [0.2, 0.25) is 6.08 Å². The Balaban J connectivity index is 2.71. The van der Waals surface area contributed by atoms with E-state index in [0.29, 0.717) is 12.8 Å². The van der Waals surface area contributed by atoms with Crippen molar-refractivity contribution in [3.05, 3.63) is 23.3 Å². The number of rotatable bonds is 4. The number of isocyanates is 1. The zero-order valence-corrected chi connectivity index (χ0v) is 10.6. The molecule has 0 amide bonds. The van der Waals surface area contributed by atoms with Gasteiger partial charge in [-0.25, -0.2) is 13.6 Å². The molecule has 102 valence electrons. The summed E-state index contributed by atoms with van der Waals surface area (Å²) in [6.07, 6.45) is 3.24. The van der Waals surface area contributed by atoms with Crippen molar-refractivity contribution in [1.29, 1.82) is 0 Å². The topological polar surface area (TPSA) is 47.9 Å². The number of benzene rings is 1. The van der Waals surface area contributed by atoms with Gasteiger partial charge in [0.25, 0.3) is 0 Å². The maximum absolute atomic E-state index is 14.1. The summed E-state index contributed by atoms with van der Waals surface area (Å²) >= 11 is 0. The number of methoxy groups -OCH3 is 2. The summed E-state index contributed by atoms with van der Waals surface area (Å²) in [5.41, 5.74) is -0.958. The average molecular weight is 269 g/mol. The molecule has 0 saturated heterocycles. The highest BCUT2D eigenvalue weighted by Crippen LogP contribution is 2.51. The van der Waals surface area contributed by atoms with Crippen molar-refractivity contribution in [2.75, 3.05) is 14.2 Å². The lowest BCUT2D eigenvalue weighted by molar-refractivity contribution is 0.231. The summed E-state index contributed by atoms with van der Waals surface area (Å²) < 4.78 is 37.7. The first kappa shape index (κ1) is 13.5. The predicted octanol–water partition coefficient (Wildman–Crippen LogP) is 2.70. The van der Waals surface area contributed by atoms with E-state index in [9.17, 15) is 13.6 Å². The third-order valence-corrected chi connectivity index (χ3v) is 3.46. The van der Waals surface area contributed by atoms with E-state index in [1.54, 1.807) is 0 Å². The molecule has 0 radical (unpaired) electrons. The molecule has 6 heteroatoms. The number of carbonyl (C=O) groups excluding carboxylic acids is 1. The molecule has 0 unspecified atom stereocenters. The highest BCUT2D eigenvalue weighted by molar-refractivity contribution is 5.54. The fourth-order valence-corrected chi connectivity index (χ4v) is 2.41. The van der Waals surface area contributed by atoms with Gasteiger partial charge in [0, 0.05) is 6.07 Å². The van der Waals surface area contributed by atoms with Crippen LogP contribution < -0.4 is 9.47 Å². The Hall–Kier alpha value is -1.94. The second-order valence-electron chi connectivity index (χ2n) is 4.37. The van der Waals surface area contributed by atoms with E-state index < -0.39 is 17.2 Å². The minimum Gasteiger partial charge on any atom is -0.492 e. The van der Waals surface area contributed by atoms with Gasteiger partial charge in [-0.05, 0) is 19.3 Å². The van der Waals surface area contributed by atoms with Gasteiger partial charge in [-0.3, -0.25) is 0 Å². The molecule has 0 aliphatic heterocycles. The highest BCUT2D eigenvalue weighted by atomic mass is 19.1. The molecule has 1 aromatic rings. The number of aliphatic imine (C=N–C) groups is 1. The number of nitrogens with zero attached hydrogens (tertiary/aromatic N) is 1. The summed E-state index contributed by atoms with van der Waals surface area (Å²) in [4.78, 5) is 14.3. The normalized spacial score (nSPS) is 16.2. The molecule has 2 rings (SSSR count). The monoisotopic (exact) mass is 269 g/mol. The van der Waals surface area contributed by atoms with Crippen LogP contribution in [0.25, 0.3) is 0 Å². The molecule has 1 fully saturated rings. The number of hydrogen-bond acceptors (Lipinski definition) is 4. The average Bonchev–Trinajstić information content (AvgIpc) is 2.33. The van der Waals surface area contributed by atoms with Gasteiger partial charge in [-0.1, -0.05) is 0 Å². The molecular formula is C13H13F2NO3. The minimum absolute atomic E-state index is 0.0568. The summed E-state index contributed by atoms with van der Waals surface area (Å²) in [5.74, 6) is -1.90. The van der Waals surface area contributed by atoms with E-state index >= 15 is 0 Å². The molecular weight excluding hydrogens is 256 g/mol. The summed E-state index contributed by atoms with van der Waals surface area (Å²) in [6, 6.07) is 0.719. The number of hydrogen-bond donors (Lipinski definition) is 0. The lowest BCUT2D eigenvalue weighted by Gasteiger charge is -2.38. The minimum atomic E-state index is -1.02.